The van der Waals surface area contributed by atoms with Gasteiger partial charge in [0.25, 0.3) is 5.69 Å². The van der Waals surface area contributed by atoms with E-state index < -0.39 is 0 Å². The predicted molar refractivity (Wildman–Crippen MR) is 99.5 cm³/mol. The molecule has 3 aromatic carbocycles. The van der Waals surface area contributed by atoms with Crippen LogP contribution < -0.4 is 5.32 Å². The molecule has 3 aromatic rings. The Balaban J connectivity index is 1.81. The van der Waals surface area contributed by atoms with E-state index in [1.54, 1.807) is 12.1 Å². The summed E-state index contributed by atoms with van der Waals surface area (Å²) in [6.07, 6.45) is 0.902. The lowest BCUT2D eigenvalue weighted by molar-refractivity contribution is -0.384. The summed E-state index contributed by atoms with van der Waals surface area (Å²) in [5.74, 6) is 0. The van der Waals surface area contributed by atoms with Crippen LogP contribution in [0.2, 0.25) is 0 Å². The molecule has 126 valence electrons. The minimum Gasteiger partial charge on any atom is -0.306 e. The molecular weight excluding hydrogens is 312 g/mol. The molecule has 0 saturated carbocycles. The summed E-state index contributed by atoms with van der Waals surface area (Å²) in [7, 11) is 0. The molecule has 0 amide bonds. The van der Waals surface area contributed by atoms with Crippen LogP contribution in [0.5, 0.6) is 0 Å². The molecule has 0 fully saturated rings. The Morgan fingerprint density at radius 3 is 2.16 bits per heavy atom. The molecule has 0 aliphatic rings. The molecule has 0 aliphatic heterocycles. The number of nitro groups is 1. The van der Waals surface area contributed by atoms with Crippen LogP contribution in [0, 0.1) is 10.1 Å². The Hall–Kier alpha value is -2.98. The average molecular weight is 332 g/mol. The van der Waals surface area contributed by atoms with E-state index in [-0.39, 0.29) is 16.7 Å². The highest BCUT2D eigenvalue weighted by Crippen LogP contribution is 2.25. The van der Waals surface area contributed by atoms with Gasteiger partial charge in [-0.2, -0.15) is 0 Å². The van der Waals surface area contributed by atoms with Crippen molar-refractivity contribution in [3.05, 3.63) is 112 Å². The summed E-state index contributed by atoms with van der Waals surface area (Å²) in [6.45, 7) is 0.784. The molecule has 4 nitrogen and oxygen atoms in total. The molecule has 0 aliphatic carbocycles. The van der Waals surface area contributed by atoms with E-state index in [0.29, 0.717) is 0 Å². The van der Waals surface area contributed by atoms with Crippen LogP contribution in [0.1, 0.15) is 22.7 Å². The van der Waals surface area contributed by atoms with Crippen molar-refractivity contribution in [2.75, 3.05) is 6.54 Å². The van der Waals surface area contributed by atoms with E-state index in [2.05, 4.69) is 17.4 Å². The zero-order valence-electron chi connectivity index (χ0n) is 13.8. The highest BCUT2D eigenvalue weighted by Gasteiger charge is 2.16. The topological polar surface area (TPSA) is 55.2 Å². The third kappa shape index (κ3) is 4.52. The Labute approximate surface area is 147 Å². The first-order valence-corrected chi connectivity index (χ1v) is 8.30. The Morgan fingerprint density at radius 2 is 1.48 bits per heavy atom. The second-order valence-electron chi connectivity index (χ2n) is 5.89. The summed E-state index contributed by atoms with van der Waals surface area (Å²) in [5.41, 5.74) is 3.37. The number of non-ortho nitro benzene ring substituents is 1. The highest BCUT2D eigenvalue weighted by molar-refractivity contribution is 5.40. The summed E-state index contributed by atoms with van der Waals surface area (Å²) >= 11 is 0. The van der Waals surface area contributed by atoms with E-state index >= 15 is 0 Å². The Bertz CT molecular complexity index is 820. The third-order valence-electron chi connectivity index (χ3n) is 4.15. The van der Waals surface area contributed by atoms with Crippen molar-refractivity contribution in [3.63, 3.8) is 0 Å². The van der Waals surface area contributed by atoms with Gasteiger partial charge in [-0.3, -0.25) is 10.1 Å². The van der Waals surface area contributed by atoms with Crippen LogP contribution in [0.3, 0.4) is 0 Å². The zero-order valence-corrected chi connectivity index (χ0v) is 13.8. The lowest BCUT2D eigenvalue weighted by atomic mass is 9.98. The molecule has 0 spiro atoms. The van der Waals surface area contributed by atoms with Gasteiger partial charge in [0.2, 0.25) is 0 Å². The van der Waals surface area contributed by atoms with Crippen LogP contribution in [-0.4, -0.2) is 11.5 Å². The quantitative estimate of drug-likeness (QED) is 0.511. The van der Waals surface area contributed by atoms with Crippen molar-refractivity contribution in [1.29, 1.82) is 0 Å². The van der Waals surface area contributed by atoms with Crippen LogP contribution in [-0.2, 0) is 6.42 Å². The molecule has 0 radical (unpaired) electrons. The van der Waals surface area contributed by atoms with Gasteiger partial charge in [0.1, 0.15) is 0 Å². The van der Waals surface area contributed by atoms with E-state index in [9.17, 15) is 10.1 Å². The fraction of sp³-hybridized carbons (Fsp3) is 0.143. The number of hydrogen-bond acceptors (Lipinski definition) is 3. The third-order valence-corrected chi connectivity index (χ3v) is 4.15. The lowest BCUT2D eigenvalue weighted by Gasteiger charge is -2.20. The molecule has 0 saturated heterocycles. The van der Waals surface area contributed by atoms with Crippen LogP contribution in [0.25, 0.3) is 0 Å². The molecule has 25 heavy (non-hydrogen) atoms. The van der Waals surface area contributed by atoms with Crippen LogP contribution in [0.4, 0.5) is 5.69 Å². The molecule has 1 N–H and O–H groups in total. The van der Waals surface area contributed by atoms with Crippen molar-refractivity contribution in [2.24, 2.45) is 0 Å². The van der Waals surface area contributed by atoms with Gasteiger partial charge in [-0.05, 0) is 23.1 Å². The Morgan fingerprint density at radius 1 is 0.840 bits per heavy atom. The van der Waals surface area contributed by atoms with E-state index in [0.717, 1.165) is 24.1 Å². The smallest absolute Gasteiger partial charge is 0.269 e. The first-order valence-electron chi connectivity index (χ1n) is 8.30. The molecule has 0 aromatic heterocycles. The minimum absolute atomic E-state index is 0.0789. The molecule has 0 heterocycles. The number of benzene rings is 3. The maximum Gasteiger partial charge on any atom is 0.269 e. The fourth-order valence-electron chi connectivity index (χ4n) is 2.90. The van der Waals surface area contributed by atoms with Crippen molar-refractivity contribution < 1.29 is 4.92 Å². The number of nitro benzene ring substituents is 1. The van der Waals surface area contributed by atoms with Crippen molar-refractivity contribution in [3.8, 4) is 0 Å². The maximum atomic E-state index is 11.1. The van der Waals surface area contributed by atoms with Gasteiger partial charge >= 0.3 is 0 Å². The minimum atomic E-state index is -0.352. The average Bonchev–Trinajstić information content (AvgIpc) is 2.67. The predicted octanol–water partition coefficient (Wildman–Crippen LogP) is 4.52. The second kappa shape index (κ2) is 8.22. The fourth-order valence-corrected chi connectivity index (χ4v) is 2.90. The van der Waals surface area contributed by atoms with Gasteiger partial charge in [0.05, 0.1) is 11.0 Å². The lowest BCUT2D eigenvalue weighted by Crippen LogP contribution is -2.24. The van der Waals surface area contributed by atoms with Crippen molar-refractivity contribution >= 4 is 5.69 Å². The van der Waals surface area contributed by atoms with Gasteiger partial charge in [-0.25, -0.2) is 0 Å². The second-order valence-corrected chi connectivity index (χ2v) is 5.89. The molecule has 1 atom stereocenters. The number of hydrogen-bond donors (Lipinski definition) is 1. The van der Waals surface area contributed by atoms with Gasteiger partial charge in [0, 0.05) is 18.7 Å². The standard InChI is InChI=1S/C21H20N2O2/c24-23(25)20-13-7-12-19(16-20)21(18-10-5-2-6-11-18)22-15-14-17-8-3-1-4-9-17/h1-13,16,21-22H,14-15H2/t21-/m1/s1. The molecule has 0 bridgehead atoms. The van der Waals surface area contributed by atoms with Gasteiger partial charge in [-0.1, -0.05) is 72.8 Å². The van der Waals surface area contributed by atoms with Gasteiger partial charge in [-0.15, -0.1) is 0 Å². The molecule has 3 rings (SSSR count). The first-order chi connectivity index (χ1) is 12.2. The summed E-state index contributed by atoms with van der Waals surface area (Å²) in [6, 6.07) is 27.1. The molecule has 0 unspecified atom stereocenters. The number of rotatable bonds is 7. The number of nitrogens with zero attached hydrogens (tertiary/aromatic N) is 1. The van der Waals surface area contributed by atoms with Crippen LogP contribution in [0.15, 0.2) is 84.9 Å². The largest absolute Gasteiger partial charge is 0.306 e. The SMILES string of the molecule is O=[N+]([O-])c1cccc([C@H](NCCc2ccccc2)c2ccccc2)c1. The number of nitrogens with one attached hydrogen (secondary N) is 1. The normalized spacial score (nSPS) is 11.8. The van der Waals surface area contributed by atoms with Gasteiger partial charge < -0.3 is 5.32 Å². The first kappa shape index (κ1) is 16.9. The highest BCUT2D eigenvalue weighted by atomic mass is 16.6. The zero-order chi connectivity index (χ0) is 17.5. The van der Waals surface area contributed by atoms with Crippen molar-refractivity contribution in [1.82, 2.24) is 5.32 Å². The monoisotopic (exact) mass is 332 g/mol. The van der Waals surface area contributed by atoms with E-state index in [1.807, 2.05) is 54.6 Å². The van der Waals surface area contributed by atoms with Crippen molar-refractivity contribution in [2.45, 2.75) is 12.5 Å². The summed E-state index contributed by atoms with van der Waals surface area (Å²) in [4.78, 5) is 10.7. The van der Waals surface area contributed by atoms with Gasteiger partial charge in [0.15, 0.2) is 0 Å². The summed E-state index contributed by atoms with van der Waals surface area (Å²) < 4.78 is 0. The van der Waals surface area contributed by atoms with Crippen LogP contribution >= 0.6 is 0 Å². The molecule has 4 heteroatoms. The molecular formula is C21H20N2O2. The van der Waals surface area contributed by atoms with E-state index in [4.69, 9.17) is 0 Å². The Kier molecular flexibility index (Phi) is 5.54. The van der Waals surface area contributed by atoms with E-state index in [1.165, 1.54) is 11.6 Å². The summed E-state index contributed by atoms with van der Waals surface area (Å²) in [5, 5.41) is 14.6. The maximum absolute atomic E-state index is 11.1.